The smallest absolute Gasteiger partial charge is 0.151 e. The molecule has 0 nitrogen and oxygen atoms in total. The predicted molar refractivity (Wildman–Crippen MR) is 32.6 cm³/mol. The number of hydrogen-bond donors (Lipinski definition) is 0. The fourth-order valence-electron chi connectivity index (χ4n) is 1.06. The Morgan fingerprint density at radius 2 is 2.22 bits per heavy atom. The SMILES string of the molecule is CC1=C(F)C(F)CCC1. The van der Waals surface area contributed by atoms with Gasteiger partial charge in [0.25, 0.3) is 0 Å². The Bertz CT molecular complexity index is 138. The Hall–Kier alpha value is -0.400. The van der Waals surface area contributed by atoms with Crippen LogP contribution in [0.5, 0.6) is 0 Å². The van der Waals surface area contributed by atoms with Crippen molar-refractivity contribution >= 4 is 0 Å². The van der Waals surface area contributed by atoms with E-state index < -0.39 is 12.0 Å². The zero-order chi connectivity index (χ0) is 6.85. The molecule has 0 spiro atoms. The van der Waals surface area contributed by atoms with Gasteiger partial charge in [0.2, 0.25) is 0 Å². The van der Waals surface area contributed by atoms with Gasteiger partial charge in [0.1, 0.15) is 5.83 Å². The number of allylic oxidation sites excluding steroid dienone is 2. The van der Waals surface area contributed by atoms with Crippen LogP contribution in [0.25, 0.3) is 0 Å². The monoisotopic (exact) mass is 132 g/mol. The number of hydrogen-bond acceptors (Lipinski definition) is 0. The molecule has 0 aromatic carbocycles. The molecule has 0 saturated carbocycles. The van der Waals surface area contributed by atoms with Crippen molar-refractivity contribution < 1.29 is 8.78 Å². The van der Waals surface area contributed by atoms with E-state index >= 15 is 0 Å². The van der Waals surface area contributed by atoms with Crippen molar-refractivity contribution in [3.63, 3.8) is 0 Å². The minimum atomic E-state index is -1.31. The molecule has 1 unspecified atom stereocenters. The summed E-state index contributed by atoms with van der Waals surface area (Å²) in [7, 11) is 0. The van der Waals surface area contributed by atoms with Crippen molar-refractivity contribution in [2.75, 3.05) is 0 Å². The minimum absolute atomic E-state index is 0.364. The summed E-state index contributed by atoms with van der Waals surface area (Å²) in [6.07, 6.45) is 0.578. The van der Waals surface area contributed by atoms with E-state index in [0.29, 0.717) is 12.0 Å². The molecule has 0 fully saturated rings. The first-order chi connectivity index (χ1) is 4.22. The van der Waals surface area contributed by atoms with Gasteiger partial charge in [0, 0.05) is 0 Å². The Morgan fingerprint density at radius 3 is 2.67 bits per heavy atom. The van der Waals surface area contributed by atoms with Gasteiger partial charge in [-0.1, -0.05) is 0 Å². The van der Waals surface area contributed by atoms with Crippen LogP contribution in [0.15, 0.2) is 11.4 Å². The highest BCUT2D eigenvalue weighted by Crippen LogP contribution is 2.27. The maximum Gasteiger partial charge on any atom is 0.151 e. The van der Waals surface area contributed by atoms with Crippen LogP contribution in [0.4, 0.5) is 8.78 Å². The summed E-state index contributed by atoms with van der Waals surface area (Å²) in [5.41, 5.74) is 0.591. The summed E-state index contributed by atoms with van der Waals surface area (Å²) >= 11 is 0. The Labute approximate surface area is 53.6 Å². The summed E-state index contributed by atoms with van der Waals surface area (Å²) < 4.78 is 24.9. The predicted octanol–water partition coefficient (Wildman–Crippen LogP) is 2.75. The van der Waals surface area contributed by atoms with Gasteiger partial charge in [-0.3, -0.25) is 0 Å². The van der Waals surface area contributed by atoms with E-state index in [0.717, 1.165) is 12.8 Å². The third-order valence-electron chi connectivity index (χ3n) is 1.69. The zero-order valence-electron chi connectivity index (χ0n) is 5.45. The lowest BCUT2D eigenvalue weighted by Crippen LogP contribution is -2.08. The lowest BCUT2D eigenvalue weighted by molar-refractivity contribution is 0.285. The van der Waals surface area contributed by atoms with Crippen LogP contribution in [0.3, 0.4) is 0 Å². The van der Waals surface area contributed by atoms with Crippen LogP contribution in [-0.2, 0) is 0 Å². The van der Waals surface area contributed by atoms with Gasteiger partial charge in [0.15, 0.2) is 6.17 Å². The summed E-state index contributed by atoms with van der Waals surface area (Å²) in [6.45, 7) is 1.65. The molecule has 0 aromatic rings. The fraction of sp³-hybridized carbons (Fsp3) is 0.714. The van der Waals surface area contributed by atoms with Crippen molar-refractivity contribution in [3.8, 4) is 0 Å². The van der Waals surface area contributed by atoms with Gasteiger partial charge in [-0.15, -0.1) is 0 Å². The summed E-state index contributed by atoms with van der Waals surface area (Å²) in [6, 6.07) is 0. The van der Waals surface area contributed by atoms with Gasteiger partial charge in [-0.2, -0.15) is 0 Å². The number of halogens is 2. The van der Waals surface area contributed by atoms with Gasteiger partial charge < -0.3 is 0 Å². The molecular formula is C7H10F2. The van der Waals surface area contributed by atoms with Crippen LogP contribution in [0.2, 0.25) is 0 Å². The standard InChI is InChI=1S/C7H10F2/c1-5-3-2-4-6(8)7(5)9/h6H,2-4H2,1H3. The molecule has 9 heavy (non-hydrogen) atoms. The molecule has 0 amide bonds. The molecule has 1 rings (SSSR count). The third kappa shape index (κ3) is 1.29. The average molecular weight is 132 g/mol. The van der Waals surface area contributed by atoms with Crippen molar-refractivity contribution in [1.29, 1.82) is 0 Å². The first-order valence-corrected chi connectivity index (χ1v) is 3.21. The molecular weight excluding hydrogens is 122 g/mol. The van der Waals surface area contributed by atoms with Crippen molar-refractivity contribution in [3.05, 3.63) is 11.4 Å². The minimum Gasteiger partial charge on any atom is -0.240 e. The van der Waals surface area contributed by atoms with Gasteiger partial charge in [0.05, 0.1) is 0 Å². The molecule has 1 aliphatic rings. The van der Waals surface area contributed by atoms with E-state index in [-0.39, 0.29) is 0 Å². The van der Waals surface area contributed by atoms with Gasteiger partial charge >= 0.3 is 0 Å². The molecule has 0 heterocycles. The Morgan fingerprint density at radius 1 is 1.56 bits per heavy atom. The van der Waals surface area contributed by atoms with Crippen LogP contribution >= 0.6 is 0 Å². The second kappa shape index (κ2) is 2.46. The second-order valence-electron chi connectivity index (χ2n) is 2.49. The van der Waals surface area contributed by atoms with Crippen molar-refractivity contribution in [1.82, 2.24) is 0 Å². The highest BCUT2D eigenvalue weighted by atomic mass is 19.2. The largest absolute Gasteiger partial charge is 0.240 e. The number of rotatable bonds is 0. The normalized spacial score (nSPS) is 29.0. The Balaban J connectivity index is 2.72. The maximum absolute atomic E-state index is 12.5. The van der Waals surface area contributed by atoms with E-state index in [2.05, 4.69) is 0 Å². The zero-order valence-corrected chi connectivity index (χ0v) is 5.45. The van der Waals surface area contributed by atoms with Crippen LogP contribution in [-0.4, -0.2) is 6.17 Å². The molecule has 0 aromatic heterocycles. The van der Waals surface area contributed by atoms with Crippen molar-refractivity contribution in [2.24, 2.45) is 0 Å². The molecule has 52 valence electrons. The molecule has 1 aliphatic carbocycles. The molecule has 0 aliphatic heterocycles. The number of alkyl halides is 1. The molecule has 1 atom stereocenters. The summed E-state index contributed by atoms with van der Waals surface area (Å²) in [5, 5.41) is 0. The highest BCUT2D eigenvalue weighted by molar-refractivity contribution is 5.12. The lowest BCUT2D eigenvalue weighted by Gasteiger charge is -2.14. The van der Waals surface area contributed by atoms with E-state index in [9.17, 15) is 8.78 Å². The van der Waals surface area contributed by atoms with Gasteiger partial charge in [-0.05, 0) is 31.8 Å². The third-order valence-corrected chi connectivity index (χ3v) is 1.69. The molecule has 0 saturated heterocycles. The summed E-state index contributed by atoms with van der Waals surface area (Å²) in [4.78, 5) is 0. The van der Waals surface area contributed by atoms with E-state index in [1.807, 2.05) is 0 Å². The summed E-state index contributed by atoms with van der Waals surface area (Å²) in [5.74, 6) is -0.527. The molecule has 2 heteroatoms. The van der Waals surface area contributed by atoms with Crippen LogP contribution in [0, 0.1) is 0 Å². The quantitative estimate of drug-likeness (QED) is 0.475. The van der Waals surface area contributed by atoms with E-state index in [4.69, 9.17) is 0 Å². The molecule has 0 N–H and O–H groups in total. The highest BCUT2D eigenvalue weighted by Gasteiger charge is 2.19. The van der Waals surface area contributed by atoms with Crippen LogP contribution in [0.1, 0.15) is 26.2 Å². The average Bonchev–Trinajstić information content (AvgIpc) is 1.83. The van der Waals surface area contributed by atoms with Crippen molar-refractivity contribution in [2.45, 2.75) is 32.4 Å². The van der Waals surface area contributed by atoms with E-state index in [1.54, 1.807) is 6.92 Å². The maximum atomic E-state index is 12.5. The Kier molecular flexibility index (Phi) is 1.84. The second-order valence-corrected chi connectivity index (χ2v) is 2.49. The molecule has 0 bridgehead atoms. The molecule has 0 radical (unpaired) electrons. The fourth-order valence-corrected chi connectivity index (χ4v) is 1.06. The van der Waals surface area contributed by atoms with E-state index in [1.165, 1.54) is 0 Å². The topological polar surface area (TPSA) is 0 Å². The first kappa shape index (κ1) is 6.72. The first-order valence-electron chi connectivity index (χ1n) is 3.21. The van der Waals surface area contributed by atoms with Gasteiger partial charge in [-0.25, -0.2) is 8.78 Å². The lowest BCUT2D eigenvalue weighted by atomic mass is 9.99. The van der Waals surface area contributed by atoms with Crippen LogP contribution < -0.4 is 0 Å².